The summed E-state index contributed by atoms with van der Waals surface area (Å²) in [7, 11) is 0. The van der Waals surface area contributed by atoms with E-state index in [0.717, 1.165) is 5.56 Å². The van der Waals surface area contributed by atoms with Crippen molar-refractivity contribution >= 4 is 12.0 Å². The Morgan fingerprint density at radius 1 is 1.24 bits per heavy atom. The van der Waals surface area contributed by atoms with E-state index in [1.165, 1.54) is 18.2 Å². The van der Waals surface area contributed by atoms with Gasteiger partial charge in [-0.05, 0) is 29.8 Å². The van der Waals surface area contributed by atoms with Gasteiger partial charge in [0.25, 0.3) is 0 Å². The summed E-state index contributed by atoms with van der Waals surface area (Å²) in [5, 5.41) is 19.6. The summed E-state index contributed by atoms with van der Waals surface area (Å²) in [4.78, 5) is 21.1. The third kappa shape index (κ3) is 3.42. The minimum absolute atomic E-state index is 0.0361. The molecule has 0 saturated heterocycles. The molecule has 0 unspecified atom stereocenters. The smallest absolute Gasteiger partial charge is 0.310 e. The van der Waals surface area contributed by atoms with Crippen LogP contribution in [0.15, 0.2) is 42.5 Å². The zero-order valence-electron chi connectivity index (χ0n) is 10.9. The summed E-state index contributed by atoms with van der Waals surface area (Å²) in [5.41, 5.74) is 1.39. The Hall–Kier alpha value is -3.20. The number of nitriles is 1. The number of carbonyl (C=O) groups excluding carboxylic acids is 1. The molecule has 0 aliphatic rings. The number of carbonyl (C=O) groups is 1. The van der Waals surface area contributed by atoms with Crippen LogP contribution in [-0.4, -0.2) is 11.2 Å². The molecule has 0 saturated carbocycles. The largest absolute Gasteiger partial charge is 0.482 e. The minimum atomic E-state index is -0.567. The van der Waals surface area contributed by atoms with Crippen LogP contribution in [0.2, 0.25) is 0 Å². The Morgan fingerprint density at radius 3 is 2.52 bits per heavy atom. The molecule has 6 nitrogen and oxygen atoms in total. The average Bonchev–Trinajstić information content (AvgIpc) is 2.52. The van der Waals surface area contributed by atoms with Crippen LogP contribution >= 0.6 is 0 Å². The molecule has 21 heavy (non-hydrogen) atoms. The van der Waals surface area contributed by atoms with Crippen LogP contribution in [0.25, 0.3) is 0 Å². The van der Waals surface area contributed by atoms with E-state index < -0.39 is 4.92 Å². The minimum Gasteiger partial charge on any atom is -0.482 e. The van der Waals surface area contributed by atoms with E-state index in [2.05, 4.69) is 0 Å². The molecule has 104 valence electrons. The molecule has 0 amide bonds. The summed E-state index contributed by atoms with van der Waals surface area (Å²) < 4.78 is 5.42. The molecule has 0 aliphatic heterocycles. The topological polar surface area (TPSA) is 93.2 Å². The van der Waals surface area contributed by atoms with Gasteiger partial charge in [0.1, 0.15) is 12.9 Å². The van der Waals surface area contributed by atoms with Crippen LogP contribution in [-0.2, 0) is 6.61 Å². The molecule has 2 aromatic carbocycles. The van der Waals surface area contributed by atoms with Gasteiger partial charge in [0.05, 0.1) is 16.6 Å². The highest BCUT2D eigenvalue weighted by atomic mass is 16.6. The van der Waals surface area contributed by atoms with Crippen LogP contribution in [0.5, 0.6) is 5.75 Å². The summed E-state index contributed by atoms with van der Waals surface area (Å²) in [6.45, 7) is 0.106. The van der Waals surface area contributed by atoms with Crippen LogP contribution in [0.1, 0.15) is 21.5 Å². The molecule has 0 atom stereocenters. The highest BCUT2D eigenvalue weighted by Crippen LogP contribution is 2.28. The fourth-order valence-corrected chi connectivity index (χ4v) is 1.71. The molecule has 2 rings (SSSR count). The molecular weight excluding hydrogens is 272 g/mol. The lowest BCUT2D eigenvalue weighted by Gasteiger charge is -2.07. The summed E-state index contributed by atoms with van der Waals surface area (Å²) in [5.74, 6) is 0.0361. The zero-order valence-corrected chi connectivity index (χ0v) is 10.9. The molecule has 0 fully saturated rings. The summed E-state index contributed by atoms with van der Waals surface area (Å²) >= 11 is 0. The highest BCUT2D eigenvalue weighted by molar-refractivity contribution is 5.76. The summed E-state index contributed by atoms with van der Waals surface area (Å²) in [6.07, 6.45) is 0.596. The Bertz CT molecular complexity index is 717. The van der Waals surface area contributed by atoms with Gasteiger partial charge in [-0.3, -0.25) is 14.9 Å². The Balaban J connectivity index is 2.19. The van der Waals surface area contributed by atoms with E-state index in [-0.39, 0.29) is 18.0 Å². The number of hydrogen-bond acceptors (Lipinski definition) is 5. The van der Waals surface area contributed by atoms with E-state index in [0.29, 0.717) is 17.4 Å². The average molecular weight is 282 g/mol. The third-order valence-corrected chi connectivity index (χ3v) is 2.79. The zero-order chi connectivity index (χ0) is 15.2. The van der Waals surface area contributed by atoms with Gasteiger partial charge in [0, 0.05) is 11.6 Å². The van der Waals surface area contributed by atoms with Gasteiger partial charge in [-0.15, -0.1) is 0 Å². The first-order chi connectivity index (χ1) is 10.1. The maximum atomic E-state index is 10.9. The fourth-order valence-electron chi connectivity index (χ4n) is 1.71. The lowest BCUT2D eigenvalue weighted by Crippen LogP contribution is -2.00. The van der Waals surface area contributed by atoms with Crippen molar-refractivity contribution < 1.29 is 14.5 Å². The van der Waals surface area contributed by atoms with Crippen molar-refractivity contribution in [1.29, 1.82) is 5.26 Å². The summed E-state index contributed by atoms with van der Waals surface area (Å²) in [6, 6.07) is 12.6. The first-order valence-electron chi connectivity index (χ1n) is 5.99. The molecule has 0 bridgehead atoms. The number of nitrogens with zero attached hydrogens (tertiary/aromatic N) is 2. The SMILES string of the molecule is N#Cc1ccc(COc2cc(C=O)ccc2[N+](=O)[O-])cc1. The predicted molar refractivity (Wildman–Crippen MR) is 74.0 cm³/mol. The lowest BCUT2D eigenvalue weighted by atomic mass is 10.1. The fraction of sp³-hybridized carbons (Fsp3) is 0.0667. The van der Waals surface area contributed by atoms with Gasteiger partial charge in [-0.2, -0.15) is 5.26 Å². The van der Waals surface area contributed by atoms with Gasteiger partial charge in [0.2, 0.25) is 0 Å². The monoisotopic (exact) mass is 282 g/mol. The Kier molecular flexibility index (Phi) is 4.26. The number of nitro benzene ring substituents is 1. The van der Waals surface area contributed by atoms with Gasteiger partial charge >= 0.3 is 5.69 Å². The number of ether oxygens (including phenoxy) is 1. The lowest BCUT2D eigenvalue weighted by molar-refractivity contribution is -0.385. The van der Waals surface area contributed by atoms with E-state index in [9.17, 15) is 14.9 Å². The van der Waals surface area contributed by atoms with E-state index in [4.69, 9.17) is 10.00 Å². The van der Waals surface area contributed by atoms with Crippen molar-refractivity contribution in [3.05, 3.63) is 69.3 Å². The molecule has 0 radical (unpaired) electrons. The number of hydrogen-bond donors (Lipinski definition) is 0. The van der Waals surface area contributed by atoms with Crippen molar-refractivity contribution in [3.63, 3.8) is 0 Å². The predicted octanol–water partition coefficient (Wildman–Crippen LogP) is 2.86. The van der Waals surface area contributed by atoms with Crippen LogP contribution in [0.4, 0.5) is 5.69 Å². The number of benzene rings is 2. The quantitative estimate of drug-likeness (QED) is 0.477. The van der Waals surface area contributed by atoms with E-state index in [1.54, 1.807) is 24.3 Å². The Labute approximate surface area is 120 Å². The molecule has 2 aromatic rings. The van der Waals surface area contributed by atoms with Crippen molar-refractivity contribution in [1.82, 2.24) is 0 Å². The molecule has 0 spiro atoms. The van der Waals surface area contributed by atoms with Gasteiger partial charge < -0.3 is 4.74 Å². The first-order valence-corrected chi connectivity index (χ1v) is 5.99. The molecule has 0 heterocycles. The number of aldehydes is 1. The Morgan fingerprint density at radius 2 is 1.95 bits per heavy atom. The maximum absolute atomic E-state index is 10.9. The van der Waals surface area contributed by atoms with Gasteiger partial charge in [-0.1, -0.05) is 12.1 Å². The third-order valence-electron chi connectivity index (χ3n) is 2.79. The van der Waals surface area contributed by atoms with Gasteiger partial charge in [0.15, 0.2) is 5.75 Å². The van der Waals surface area contributed by atoms with Crippen molar-refractivity contribution in [2.45, 2.75) is 6.61 Å². The first kappa shape index (κ1) is 14.2. The highest BCUT2D eigenvalue weighted by Gasteiger charge is 2.15. The second-order valence-electron chi connectivity index (χ2n) is 4.20. The van der Waals surface area contributed by atoms with Crippen LogP contribution in [0, 0.1) is 21.4 Å². The number of nitro groups is 1. The van der Waals surface area contributed by atoms with Crippen LogP contribution in [0.3, 0.4) is 0 Å². The molecule has 0 aliphatic carbocycles. The normalized spacial score (nSPS) is 9.67. The van der Waals surface area contributed by atoms with Crippen molar-refractivity contribution in [3.8, 4) is 11.8 Å². The second-order valence-corrected chi connectivity index (χ2v) is 4.20. The standard InChI is InChI=1S/C15H10N2O4/c16-8-11-1-3-12(4-2-11)10-21-15-7-13(9-18)5-6-14(15)17(19)20/h1-7,9H,10H2. The number of rotatable bonds is 5. The van der Waals surface area contributed by atoms with E-state index in [1.807, 2.05) is 6.07 Å². The van der Waals surface area contributed by atoms with Crippen molar-refractivity contribution in [2.24, 2.45) is 0 Å². The van der Waals surface area contributed by atoms with Crippen LogP contribution < -0.4 is 4.74 Å². The molecule has 0 aromatic heterocycles. The maximum Gasteiger partial charge on any atom is 0.310 e. The van der Waals surface area contributed by atoms with Crippen molar-refractivity contribution in [2.75, 3.05) is 0 Å². The molecule has 0 N–H and O–H groups in total. The molecule has 6 heteroatoms. The van der Waals surface area contributed by atoms with Gasteiger partial charge in [-0.25, -0.2) is 0 Å². The molecular formula is C15H10N2O4. The van der Waals surface area contributed by atoms with E-state index >= 15 is 0 Å². The second kappa shape index (κ2) is 6.30.